The largest absolute Gasteiger partial charge is 0.308 e. The predicted octanol–water partition coefficient (Wildman–Crippen LogP) is 3.07. The van der Waals surface area contributed by atoms with Crippen LogP contribution in [0.5, 0.6) is 0 Å². The van der Waals surface area contributed by atoms with Gasteiger partial charge in [0.1, 0.15) is 0 Å². The second-order valence-corrected chi connectivity index (χ2v) is 5.68. The number of rotatable bonds is 4. The molecule has 3 aromatic heterocycles. The molecule has 3 aromatic rings. The lowest BCUT2D eigenvalue weighted by Crippen LogP contribution is -2.22. The molecule has 21 heavy (non-hydrogen) atoms. The summed E-state index contributed by atoms with van der Waals surface area (Å²) in [5, 5.41) is 12.8. The molecular formula is C15H18ClN5. The summed E-state index contributed by atoms with van der Waals surface area (Å²) < 4.78 is 3.82. The molecule has 0 saturated heterocycles. The Morgan fingerprint density at radius 1 is 1.19 bits per heavy atom. The summed E-state index contributed by atoms with van der Waals surface area (Å²) >= 11 is 6.38. The van der Waals surface area contributed by atoms with Crippen LogP contribution in [0.1, 0.15) is 37.2 Å². The minimum Gasteiger partial charge on any atom is -0.308 e. The van der Waals surface area contributed by atoms with Crippen LogP contribution in [0, 0.1) is 0 Å². The van der Waals surface area contributed by atoms with Gasteiger partial charge >= 0.3 is 0 Å². The molecule has 0 aromatic carbocycles. The van der Waals surface area contributed by atoms with Gasteiger partial charge in [0.15, 0.2) is 0 Å². The molecule has 0 aliphatic heterocycles. The smallest absolute Gasteiger partial charge is 0.0837 e. The van der Waals surface area contributed by atoms with Crippen LogP contribution in [-0.4, -0.2) is 26.4 Å². The van der Waals surface area contributed by atoms with Crippen LogP contribution >= 0.6 is 11.6 Å². The molecule has 0 bridgehead atoms. The van der Waals surface area contributed by atoms with Gasteiger partial charge in [-0.3, -0.25) is 4.68 Å². The van der Waals surface area contributed by atoms with Crippen LogP contribution in [0.25, 0.3) is 5.52 Å². The maximum absolute atomic E-state index is 6.38. The van der Waals surface area contributed by atoms with E-state index in [-0.39, 0.29) is 12.1 Å². The zero-order valence-electron chi connectivity index (χ0n) is 12.3. The van der Waals surface area contributed by atoms with Gasteiger partial charge in [-0.2, -0.15) is 10.2 Å². The fraction of sp³-hybridized carbons (Fsp3) is 0.333. The van der Waals surface area contributed by atoms with Crippen molar-refractivity contribution in [2.24, 2.45) is 0 Å². The van der Waals surface area contributed by atoms with E-state index >= 15 is 0 Å². The van der Waals surface area contributed by atoms with E-state index in [1.54, 1.807) is 6.20 Å². The van der Waals surface area contributed by atoms with Crippen molar-refractivity contribution in [3.8, 4) is 0 Å². The molecule has 0 radical (unpaired) electrons. The standard InChI is InChI=1S/C15H18ClN5/c1-10(2)21-15(12(16)9-19-21)14(17-3)11-8-18-20-7-5-4-6-13(11)20/h4-10,14,17H,1-3H3. The molecular weight excluding hydrogens is 286 g/mol. The molecule has 0 aliphatic rings. The molecule has 1 atom stereocenters. The molecule has 0 amide bonds. The van der Waals surface area contributed by atoms with Crippen molar-refractivity contribution in [1.29, 1.82) is 0 Å². The minimum atomic E-state index is -0.0534. The predicted molar refractivity (Wildman–Crippen MR) is 83.7 cm³/mol. The van der Waals surface area contributed by atoms with Crippen molar-refractivity contribution in [1.82, 2.24) is 24.7 Å². The fourth-order valence-electron chi connectivity index (χ4n) is 2.65. The molecule has 1 unspecified atom stereocenters. The van der Waals surface area contributed by atoms with Crippen molar-refractivity contribution in [3.63, 3.8) is 0 Å². The molecule has 0 aliphatic carbocycles. The number of pyridine rings is 1. The van der Waals surface area contributed by atoms with E-state index in [0.29, 0.717) is 5.02 Å². The summed E-state index contributed by atoms with van der Waals surface area (Å²) in [6.07, 6.45) is 5.52. The van der Waals surface area contributed by atoms with Crippen LogP contribution in [0.3, 0.4) is 0 Å². The molecule has 3 heterocycles. The third kappa shape index (κ3) is 2.32. The van der Waals surface area contributed by atoms with Gasteiger partial charge in [-0.05, 0) is 33.0 Å². The molecule has 0 saturated carbocycles. The Kier molecular flexibility index (Phi) is 3.69. The van der Waals surface area contributed by atoms with Gasteiger partial charge in [0, 0.05) is 17.8 Å². The molecule has 0 spiro atoms. The second kappa shape index (κ2) is 5.50. The number of hydrogen-bond donors (Lipinski definition) is 1. The highest BCUT2D eigenvalue weighted by Gasteiger charge is 2.24. The first-order valence-electron chi connectivity index (χ1n) is 6.96. The van der Waals surface area contributed by atoms with E-state index in [0.717, 1.165) is 16.8 Å². The van der Waals surface area contributed by atoms with Gasteiger partial charge in [-0.1, -0.05) is 17.7 Å². The molecule has 5 nitrogen and oxygen atoms in total. The van der Waals surface area contributed by atoms with Gasteiger partial charge in [0.05, 0.1) is 34.7 Å². The van der Waals surface area contributed by atoms with Gasteiger partial charge in [0.25, 0.3) is 0 Å². The van der Waals surface area contributed by atoms with Crippen molar-refractivity contribution >= 4 is 17.1 Å². The molecule has 110 valence electrons. The first-order chi connectivity index (χ1) is 10.1. The van der Waals surface area contributed by atoms with Gasteiger partial charge in [0.2, 0.25) is 0 Å². The van der Waals surface area contributed by atoms with Crippen molar-refractivity contribution < 1.29 is 0 Å². The average molecular weight is 304 g/mol. The Morgan fingerprint density at radius 3 is 2.71 bits per heavy atom. The summed E-state index contributed by atoms with van der Waals surface area (Å²) in [7, 11) is 1.92. The van der Waals surface area contributed by atoms with Gasteiger partial charge in [-0.25, -0.2) is 4.52 Å². The normalized spacial score (nSPS) is 13.2. The lowest BCUT2D eigenvalue weighted by atomic mass is 10.1. The summed E-state index contributed by atoms with van der Waals surface area (Å²) in [5.41, 5.74) is 3.11. The number of halogens is 1. The number of fused-ring (bicyclic) bond motifs is 1. The van der Waals surface area contributed by atoms with E-state index in [1.807, 2.05) is 40.8 Å². The lowest BCUT2D eigenvalue weighted by molar-refractivity contribution is 0.485. The lowest BCUT2D eigenvalue weighted by Gasteiger charge is -2.20. The molecule has 3 rings (SSSR count). The van der Waals surface area contributed by atoms with Crippen LogP contribution < -0.4 is 5.32 Å². The second-order valence-electron chi connectivity index (χ2n) is 5.27. The van der Waals surface area contributed by atoms with Crippen LogP contribution in [0.15, 0.2) is 36.8 Å². The quantitative estimate of drug-likeness (QED) is 0.806. The highest BCUT2D eigenvalue weighted by atomic mass is 35.5. The van der Waals surface area contributed by atoms with E-state index in [1.165, 1.54) is 0 Å². The SMILES string of the molecule is CNC(c1cnn2ccccc12)c1c(Cl)cnn1C(C)C. The van der Waals surface area contributed by atoms with E-state index in [2.05, 4.69) is 35.4 Å². The Bertz CT molecular complexity index is 758. The first kappa shape index (κ1) is 14.1. The van der Waals surface area contributed by atoms with Gasteiger partial charge in [-0.15, -0.1) is 0 Å². The summed E-state index contributed by atoms with van der Waals surface area (Å²) in [5.74, 6) is 0. The van der Waals surface area contributed by atoms with E-state index in [4.69, 9.17) is 11.6 Å². The van der Waals surface area contributed by atoms with E-state index < -0.39 is 0 Å². The number of nitrogens with one attached hydrogen (secondary N) is 1. The Balaban J connectivity index is 2.17. The van der Waals surface area contributed by atoms with Crippen molar-refractivity contribution in [2.45, 2.75) is 25.9 Å². The van der Waals surface area contributed by atoms with Crippen LogP contribution in [0.2, 0.25) is 5.02 Å². The zero-order chi connectivity index (χ0) is 15.0. The number of nitrogens with zero attached hydrogens (tertiary/aromatic N) is 4. The maximum Gasteiger partial charge on any atom is 0.0837 e. The maximum atomic E-state index is 6.38. The monoisotopic (exact) mass is 303 g/mol. The zero-order valence-corrected chi connectivity index (χ0v) is 13.0. The number of hydrogen-bond acceptors (Lipinski definition) is 3. The highest BCUT2D eigenvalue weighted by Crippen LogP contribution is 2.31. The summed E-state index contributed by atoms with van der Waals surface area (Å²) in [6, 6.07) is 6.21. The summed E-state index contributed by atoms with van der Waals surface area (Å²) in [6.45, 7) is 4.19. The average Bonchev–Trinajstić information content (AvgIpc) is 3.06. The fourth-order valence-corrected chi connectivity index (χ4v) is 2.89. The number of aromatic nitrogens is 4. The topological polar surface area (TPSA) is 47.1 Å². The third-order valence-corrected chi connectivity index (χ3v) is 3.90. The van der Waals surface area contributed by atoms with Crippen LogP contribution in [-0.2, 0) is 0 Å². The Hall–Kier alpha value is -1.85. The highest BCUT2D eigenvalue weighted by molar-refractivity contribution is 6.31. The Labute approximate surface area is 128 Å². The Morgan fingerprint density at radius 2 is 2.00 bits per heavy atom. The molecule has 0 fully saturated rings. The minimum absolute atomic E-state index is 0.0534. The van der Waals surface area contributed by atoms with Gasteiger partial charge < -0.3 is 5.32 Å². The first-order valence-corrected chi connectivity index (χ1v) is 7.33. The third-order valence-electron chi connectivity index (χ3n) is 3.61. The van der Waals surface area contributed by atoms with E-state index in [9.17, 15) is 0 Å². The molecule has 1 N–H and O–H groups in total. The summed E-state index contributed by atoms with van der Waals surface area (Å²) in [4.78, 5) is 0. The van der Waals surface area contributed by atoms with Crippen LogP contribution in [0.4, 0.5) is 0 Å². The van der Waals surface area contributed by atoms with Crippen molar-refractivity contribution in [2.75, 3.05) is 7.05 Å². The molecule has 6 heteroatoms. The van der Waals surface area contributed by atoms with Crippen molar-refractivity contribution in [3.05, 3.63) is 53.1 Å².